The highest BCUT2D eigenvalue weighted by molar-refractivity contribution is 5.15. The van der Waals surface area contributed by atoms with Crippen molar-refractivity contribution in [2.24, 2.45) is 5.73 Å². The zero-order chi connectivity index (χ0) is 7.78. The van der Waals surface area contributed by atoms with Crippen molar-refractivity contribution in [1.29, 1.82) is 0 Å². The molecule has 1 aromatic heterocycles. The lowest BCUT2D eigenvalue weighted by Gasteiger charge is -2.12. The van der Waals surface area contributed by atoms with Crippen molar-refractivity contribution in [3.05, 3.63) is 5.82 Å². The molecule has 0 aliphatic rings. The van der Waals surface area contributed by atoms with E-state index in [9.17, 15) is 0 Å². The number of H-pyrrole nitrogens is 1. The number of nitrogens with zero attached hydrogens (tertiary/aromatic N) is 2. The van der Waals surface area contributed by atoms with E-state index in [4.69, 9.17) is 11.5 Å². The van der Waals surface area contributed by atoms with Crippen LogP contribution in [0.25, 0.3) is 0 Å². The number of nitrogens with two attached hydrogens (primary N) is 2. The van der Waals surface area contributed by atoms with Gasteiger partial charge in [0.15, 0.2) is 0 Å². The van der Waals surface area contributed by atoms with Gasteiger partial charge in [-0.25, -0.2) is 0 Å². The van der Waals surface area contributed by atoms with Crippen LogP contribution < -0.4 is 11.5 Å². The first kappa shape index (κ1) is 7.01. The average molecular weight is 141 g/mol. The number of hydrogen-bond acceptors (Lipinski definition) is 4. The third kappa shape index (κ3) is 1.24. The summed E-state index contributed by atoms with van der Waals surface area (Å²) >= 11 is 0. The molecule has 0 radical (unpaired) electrons. The molecule has 0 aromatic carbocycles. The molecule has 1 rings (SSSR count). The van der Waals surface area contributed by atoms with Crippen LogP contribution in [0, 0.1) is 0 Å². The molecule has 1 aromatic rings. The quantitative estimate of drug-likeness (QED) is 0.495. The number of aromatic amines is 1. The first-order valence-electron chi connectivity index (χ1n) is 2.97. The van der Waals surface area contributed by atoms with E-state index in [-0.39, 0.29) is 5.95 Å². The molecule has 5 nitrogen and oxygen atoms in total. The number of hydrogen-bond donors (Lipinski definition) is 3. The molecular formula is C5H11N5. The second kappa shape index (κ2) is 1.95. The lowest BCUT2D eigenvalue weighted by atomic mass is 10.1. The number of anilines is 1. The number of nitrogens with one attached hydrogen (secondary N) is 1. The van der Waals surface area contributed by atoms with Crippen molar-refractivity contribution in [2.45, 2.75) is 19.4 Å². The van der Waals surface area contributed by atoms with Crippen molar-refractivity contribution in [3.8, 4) is 0 Å². The van der Waals surface area contributed by atoms with E-state index in [2.05, 4.69) is 15.2 Å². The summed E-state index contributed by atoms with van der Waals surface area (Å²) in [6, 6.07) is 0. The van der Waals surface area contributed by atoms with E-state index in [1.807, 2.05) is 13.8 Å². The van der Waals surface area contributed by atoms with Crippen molar-refractivity contribution in [2.75, 3.05) is 5.73 Å². The molecule has 0 unspecified atom stereocenters. The minimum Gasteiger partial charge on any atom is -0.367 e. The molecule has 10 heavy (non-hydrogen) atoms. The number of aromatic nitrogens is 3. The summed E-state index contributed by atoms with van der Waals surface area (Å²) in [5, 5.41) is 6.28. The Labute approximate surface area is 58.8 Å². The Hall–Kier alpha value is -1.10. The van der Waals surface area contributed by atoms with Crippen LogP contribution >= 0.6 is 0 Å². The summed E-state index contributed by atoms with van der Waals surface area (Å²) in [7, 11) is 0. The predicted octanol–water partition coefficient (Wildman–Crippen LogP) is -0.419. The van der Waals surface area contributed by atoms with Crippen LogP contribution in [0.4, 0.5) is 5.95 Å². The van der Waals surface area contributed by atoms with E-state index >= 15 is 0 Å². The molecule has 0 aliphatic heterocycles. The van der Waals surface area contributed by atoms with Gasteiger partial charge in [-0.2, -0.15) is 4.98 Å². The molecule has 0 fully saturated rings. The Bertz CT molecular complexity index is 220. The lowest BCUT2D eigenvalue weighted by molar-refractivity contribution is 0.516. The van der Waals surface area contributed by atoms with Gasteiger partial charge in [-0.05, 0) is 13.8 Å². The molecule has 0 amide bonds. The molecule has 5 heteroatoms. The second-order valence-electron chi connectivity index (χ2n) is 2.76. The van der Waals surface area contributed by atoms with Gasteiger partial charge in [0.25, 0.3) is 0 Å². The van der Waals surface area contributed by atoms with E-state index in [1.54, 1.807) is 0 Å². The smallest absolute Gasteiger partial charge is 0.239 e. The van der Waals surface area contributed by atoms with Crippen molar-refractivity contribution in [1.82, 2.24) is 15.2 Å². The van der Waals surface area contributed by atoms with E-state index < -0.39 is 5.54 Å². The Morgan fingerprint density at radius 3 is 2.30 bits per heavy atom. The summed E-state index contributed by atoms with van der Waals surface area (Å²) in [5.74, 6) is 0.832. The number of nitrogen functional groups attached to an aromatic ring is 1. The van der Waals surface area contributed by atoms with Gasteiger partial charge in [0.05, 0.1) is 5.54 Å². The molecule has 5 N–H and O–H groups in total. The zero-order valence-electron chi connectivity index (χ0n) is 6.05. The Kier molecular flexibility index (Phi) is 1.37. The maximum atomic E-state index is 5.68. The second-order valence-corrected chi connectivity index (χ2v) is 2.76. The van der Waals surface area contributed by atoms with Gasteiger partial charge in [-0.1, -0.05) is 0 Å². The molecule has 0 saturated heterocycles. The first-order valence-corrected chi connectivity index (χ1v) is 2.97. The SMILES string of the molecule is CC(C)(N)c1nc(N)n[nH]1. The van der Waals surface area contributed by atoms with Crippen LogP contribution in [0.1, 0.15) is 19.7 Å². The summed E-state index contributed by atoms with van der Waals surface area (Å²) < 4.78 is 0. The van der Waals surface area contributed by atoms with Crippen LogP contribution in [0.15, 0.2) is 0 Å². The molecule has 0 aliphatic carbocycles. The topological polar surface area (TPSA) is 93.6 Å². The maximum Gasteiger partial charge on any atom is 0.239 e. The Morgan fingerprint density at radius 1 is 1.50 bits per heavy atom. The third-order valence-corrected chi connectivity index (χ3v) is 1.11. The summed E-state index contributed by atoms with van der Waals surface area (Å²) in [4.78, 5) is 3.87. The van der Waals surface area contributed by atoms with E-state index in [0.717, 1.165) is 0 Å². The molecule has 0 saturated carbocycles. The van der Waals surface area contributed by atoms with Crippen molar-refractivity contribution < 1.29 is 0 Å². The van der Waals surface area contributed by atoms with Crippen LogP contribution in [-0.4, -0.2) is 15.2 Å². The molecular weight excluding hydrogens is 130 g/mol. The number of rotatable bonds is 1. The molecule has 1 heterocycles. The van der Waals surface area contributed by atoms with Gasteiger partial charge >= 0.3 is 0 Å². The highest BCUT2D eigenvalue weighted by Crippen LogP contribution is 2.10. The fraction of sp³-hybridized carbons (Fsp3) is 0.600. The van der Waals surface area contributed by atoms with Crippen LogP contribution in [0.5, 0.6) is 0 Å². The van der Waals surface area contributed by atoms with Crippen molar-refractivity contribution >= 4 is 5.95 Å². The van der Waals surface area contributed by atoms with E-state index in [1.165, 1.54) is 0 Å². The Balaban J connectivity index is 2.96. The van der Waals surface area contributed by atoms with E-state index in [0.29, 0.717) is 5.82 Å². The van der Waals surface area contributed by atoms with Gasteiger partial charge in [0, 0.05) is 0 Å². The molecule has 0 atom stereocenters. The summed E-state index contributed by atoms with van der Waals surface area (Å²) in [6.45, 7) is 3.65. The van der Waals surface area contributed by atoms with Gasteiger partial charge in [-0.15, -0.1) is 5.10 Å². The van der Waals surface area contributed by atoms with Crippen LogP contribution in [0.2, 0.25) is 0 Å². The minimum absolute atomic E-state index is 0.230. The molecule has 0 spiro atoms. The zero-order valence-corrected chi connectivity index (χ0v) is 6.05. The predicted molar refractivity (Wildman–Crippen MR) is 38.0 cm³/mol. The average Bonchev–Trinajstić information content (AvgIpc) is 2.11. The highest BCUT2D eigenvalue weighted by Gasteiger charge is 2.17. The van der Waals surface area contributed by atoms with Gasteiger partial charge < -0.3 is 11.5 Å². The van der Waals surface area contributed by atoms with Gasteiger partial charge in [0.1, 0.15) is 5.82 Å². The molecule has 0 bridgehead atoms. The third-order valence-electron chi connectivity index (χ3n) is 1.11. The van der Waals surface area contributed by atoms with Gasteiger partial charge in [-0.3, -0.25) is 5.10 Å². The fourth-order valence-corrected chi connectivity index (χ4v) is 0.563. The van der Waals surface area contributed by atoms with Gasteiger partial charge in [0.2, 0.25) is 5.95 Å². The minimum atomic E-state index is -0.495. The highest BCUT2D eigenvalue weighted by atomic mass is 15.3. The largest absolute Gasteiger partial charge is 0.367 e. The molecule has 56 valence electrons. The summed E-state index contributed by atoms with van der Waals surface area (Å²) in [6.07, 6.45) is 0. The first-order chi connectivity index (χ1) is 4.50. The van der Waals surface area contributed by atoms with Crippen LogP contribution in [-0.2, 0) is 5.54 Å². The standard InChI is InChI=1S/C5H11N5/c1-5(2,7)3-8-4(6)10-9-3/h7H2,1-2H3,(H3,6,8,9,10). The summed E-state index contributed by atoms with van der Waals surface area (Å²) in [5.41, 5.74) is 10.5. The maximum absolute atomic E-state index is 5.68. The fourth-order valence-electron chi connectivity index (χ4n) is 0.563. The van der Waals surface area contributed by atoms with Crippen LogP contribution in [0.3, 0.4) is 0 Å². The lowest BCUT2D eigenvalue weighted by Crippen LogP contribution is -2.30. The van der Waals surface area contributed by atoms with Crippen molar-refractivity contribution in [3.63, 3.8) is 0 Å². The Morgan fingerprint density at radius 2 is 2.10 bits per heavy atom. The normalized spacial score (nSPS) is 11.9. The monoisotopic (exact) mass is 141 g/mol.